The van der Waals surface area contributed by atoms with E-state index in [4.69, 9.17) is 4.74 Å². The van der Waals surface area contributed by atoms with Crippen molar-refractivity contribution >= 4 is 33.6 Å². The molecule has 0 spiro atoms. The van der Waals surface area contributed by atoms with Crippen molar-refractivity contribution < 1.29 is 18.7 Å². The van der Waals surface area contributed by atoms with E-state index in [-0.39, 0.29) is 30.9 Å². The average molecular weight is 493 g/mol. The Morgan fingerprint density at radius 3 is 2.65 bits per heavy atom. The van der Waals surface area contributed by atoms with E-state index >= 15 is 0 Å². The van der Waals surface area contributed by atoms with E-state index in [1.165, 1.54) is 12.1 Å². The number of carbonyl (C=O) groups excluding carboxylic acids is 2. The summed E-state index contributed by atoms with van der Waals surface area (Å²) in [5.74, 6) is -0.643. The van der Waals surface area contributed by atoms with Gasteiger partial charge in [-0.3, -0.25) is 9.69 Å². The molecule has 2 aromatic rings. The maximum Gasteiger partial charge on any atom is 0.315 e. The van der Waals surface area contributed by atoms with Crippen molar-refractivity contribution in [2.45, 2.75) is 13.0 Å². The molecule has 9 heteroatoms. The number of amides is 3. The number of hydrogen-bond donors (Lipinski definition) is 3. The van der Waals surface area contributed by atoms with Gasteiger partial charge in [0.05, 0.1) is 25.8 Å². The minimum atomic E-state index is -0.461. The quantitative estimate of drug-likeness (QED) is 0.554. The van der Waals surface area contributed by atoms with Crippen LogP contribution in [0.4, 0.5) is 14.9 Å². The number of ether oxygens (including phenoxy) is 1. The molecule has 0 aromatic heterocycles. The Bertz CT molecular complexity index is 921. The minimum Gasteiger partial charge on any atom is -0.379 e. The molecular formula is C22H26BrFN4O3. The van der Waals surface area contributed by atoms with Crippen LogP contribution in [0, 0.1) is 12.7 Å². The van der Waals surface area contributed by atoms with Crippen molar-refractivity contribution in [3.63, 3.8) is 0 Å². The maximum absolute atomic E-state index is 13.7. The van der Waals surface area contributed by atoms with E-state index in [0.717, 1.165) is 15.6 Å². The fourth-order valence-corrected chi connectivity index (χ4v) is 3.91. The molecule has 31 heavy (non-hydrogen) atoms. The van der Waals surface area contributed by atoms with Gasteiger partial charge in [-0.25, -0.2) is 9.18 Å². The molecule has 3 rings (SSSR count). The van der Waals surface area contributed by atoms with Crippen LogP contribution in [-0.4, -0.2) is 56.2 Å². The molecule has 0 saturated carbocycles. The largest absolute Gasteiger partial charge is 0.379 e. The summed E-state index contributed by atoms with van der Waals surface area (Å²) in [4.78, 5) is 26.6. The van der Waals surface area contributed by atoms with E-state index in [2.05, 4.69) is 36.8 Å². The van der Waals surface area contributed by atoms with E-state index < -0.39 is 6.03 Å². The second kappa shape index (κ2) is 11.2. The Labute approximate surface area is 189 Å². The van der Waals surface area contributed by atoms with E-state index in [9.17, 15) is 14.0 Å². The molecule has 3 N–H and O–H groups in total. The van der Waals surface area contributed by atoms with Crippen LogP contribution in [0.25, 0.3) is 0 Å². The SMILES string of the molecule is Cc1cc(Br)ccc1NC(=O)CNC(=O)NCC(c1cccc(F)c1)N1CCOCC1. The highest BCUT2D eigenvalue weighted by molar-refractivity contribution is 9.10. The zero-order valence-electron chi connectivity index (χ0n) is 17.3. The van der Waals surface area contributed by atoms with Crippen LogP contribution in [0.15, 0.2) is 46.9 Å². The zero-order chi connectivity index (χ0) is 22.2. The van der Waals surface area contributed by atoms with Crippen molar-refractivity contribution in [2.75, 3.05) is 44.7 Å². The molecule has 1 heterocycles. The van der Waals surface area contributed by atoms with Gasteiger partial charge in [0, 0.05) is 29.8 Å². The Kier molecular flexibility index (Phi) is 8.39. The van der Waals surface area contributed by atoms with E-state index in [1.54, 1.807) is 12.1 Å². The summed E-state index contributed by atoms with van der Waals surface area (Å²) in [5, 5.41) is 8.14. The van der Waals surface area contributed by atoms with Crippen molar-refractivity contribution in [2.24, 2.45) is 0 Å². The third-order valence-corrected chi connectivity index (χ3v) is 5.54. The number of halogens is 2. The van der Waals surface area contributed by atoms with E-state index in [1.807, 2.05) is 25.1 Å². The van der Waals surface area contributed by atoms with Crippen LogP contribution >= 0.6 is 15.9 Å². The summed E-state index contributed by atoms with van der Waals surface area (Å²) < 4.78 is 20.1. The molecule has 1 unspecified atom stereocenters. The number of aryl methyl sites for hydroxylation is 1. The Balaban J connectivity index is 1.52. The number of benzene rings is 2. The van der Waals surface area contributed by atoms with Crippen molar-refractivity contribution in [3.05, 3.63) is 63.9 Å². The van der Waals surface area contributed by atoms with Crippen LogP contribution in [0.2, 0.25) is 0 Å². The third-order valence-electron chi connectivity index (χ3n) is 5.05. The highest BCUT2D eigenvalue weighted by Gasteiger charge is 2.23. The van der Waals surface area contributed by atoms with Crippen molar-refractivity contribution in [3.8, 4) is 0 Å². The number of anilines is 1. The Morgan fingerprint density at radius 1 is 1.16 bits per heavy atom. The molecule has 1 saturated heterocycles. The van der Waals surface area contributed by atoms with Gasteiger partial charge in [0.1, 0.15) is 5.82 Å². The minimum absolute atomic E-state index is 0.163. The summed E-state index contributed by atoms with van der Waals surface area (Å²) in [6, 6.07) is 11.3. The van der Waals surface area contributed by atoms with Crippen LogP contribution in [0.3, 0.4) is 0 Å². The summed E-state index contributed by atoms with van der Waals surface area (Å²) in [6.07, 6.45) is 0. The lowest BCUT2D eigenvalue weighted by Crippen LogP contribution is -2.46. The number of nitrogens with one attached hydrogen (secondary N) is 3. The Hall–Kier alpha value is -2.49. The van der Waals surface area contributed by atoms with Gasteiger partial charge < -0.3 is 20.7 Å². The topological polar surface area (TPSA) is 82.7 Å². The molecule has 0 bridgehead atoms. The second-order valence-electron chi connectivity index (χ2n) is 7.29. The van der Waals surface area contributed by atoms with Crippen LogP contribution < -0.4 is 16.0 Å². The molecule has 1 aliphatic heterocycles. The fraction of sp³-hybridized carbons (Fsp3) is 0.364. The Morgan fingerprint density at radius 2 is 1.94 bits per heavy atom. The smallest absolute Gasteiger partial charge is 0.315 e. The predicted octanol–water partition coefficient (Wildman–Crippen LogP) is 3.21. The van der Waals surface area contributed by atoms with E-state index in [0.29, 0.717) is 32.0 Å². The molecule has 1 aliphatic rings. The summed E-state index contributed by atoms with van der Waals surface area (Å²) in [6.45, 7) is 4.57. The van der Waals surface area contributed by atoms with Gasteiger partial charge in [0.25, 0.3) is 0 Å². The number of nitrogens with zero attached hydrogens (tertiary/aromatic N) is 1. The first-order valence-corrected chi connectivity index (χ1v) is 10.9. The number of morpholine rings is 1. The van der Waals surface area contributed by atoms with Crippen LogP contribution in [0.1, 0.15) is 17.2 Å². The lowest BCUT2D eigenvalue weighted by atomic mass is 10.0. The molecule has 1 atom stereocenters. The number of hydrogen-bond acceptors (Lipinski definition) is 4. The van der Waals surface area contributed by atoms with Crippen LogP contribution in [0.5, 0.6) is 0 Å². The van der Waals surface area contributed by atoms with Gasteiger partial charge in [0.2, 0.25) is 5.91 Å². The molecule has 0 aliphatic carbocycles. The normalized spacial score (nSPS) is 15.2. The molecule has 1 fully saturated rings. The average Bonchev–Trinajstić information content (AvgIpc) is 2.75. The lowest BCUT2D eigenvalue weighted by molar-refractivity contribution is -0.115. The summed E-state index contributed by atoms with van der Waals surface area (Å²) in [5.41, 5.74) is 2.38. The highest BCUT2D eigenvalue weighted by atomic mass is 79.9. The number of urea groups is 1. The first kappa shape index (κ1) is 23.2. The molecular weight excluding hydrogens is 467 g/mol. The summed E-state index contributed by atoms with van der Waals surface area (Å²) >= 11 is 3.38. The lowest BCUT2D eigenvalue weighted by Gasteiger charge is -2.34. The number of rotatable bonds is 7. The molecule has 3 amide bonds. The monoisotopic (exact) mass is 492 g/mol. The number of carbonyl (C=O) groups is 2. The molecule has 2 aromatic carbocycles. The van der Waals surface area contributed by atoms with Gasteiger partial charge in [-0.15, -0.1) is 0 Å². The fourth-order valence-electron chi connectivity index (χ4n) is 3.43. The standard InChI is InChI=1S/C22H26BrFN4O3/c1-15-11-17(23)5-6-19(15)27-21(29)14-26-22(30)25-13-20(28-7-9-31-10-8-28)16-3-2-4-18(24)12-16/h2-6,11-12,20H,7-10,13-14H2,1H3,(H,27,29)(H2,25,26,30). The molecule has 0 radical (unpaired) electrons. The third kappa shape index (κ3) is 7.02. The highest BCUT2D eigenvalue weighted by Crippen LogP contribution is 2.22. The van der Waals surface area contributed by atoms with Gasteiger partial charge in [-0.2, -0.15) is 0 Å². The second-order valence-corrected chi connectivity index (χ2v) is 8.21. The molecule has 166 valence electrons. The predicted molar refractivity (Wildman–Crippen MR) is 120 cm³/mol. The zero-order valence-corrected chi connectivity index (χ0v) is 18.9. The molecule has 7 nitrogen and oxygen atoms in total. The van der Waals surface area contributed by atoms with Crippen molar-refractivity contribution in [1.82, 2.24) is 15.5 Å². The van der Waals surface area contributed by atoms with Gasteiger partial charge >= 0.3 is 6.03 Å². The van der Waals surface area contributed by atoms with Gasteiger partial charge in [0.15, 0.2) is 0 Å². The van der Waals surface area contributed by atoms with Crippen molar-refractivity contribution in [1.29, 1.82) is 0 Å². The first-order chi connectivity index (χ1) is 14.9. The summed E-state index contributed by atoms with van der Waals surface area (Å²) in [7, 11) is 0. The first-order valence-electron chi connectivity index (χ1n) is 10.1. The van der Waals surface area contributed by atoms with Crippen LogP contribution in [-0.2, 0) is 9.53 Å². The maximum atomic E-state index is 13.7. The van der Waals surface area contributed by atoms with Gasteiger partial charge in [-0.05, 0) is 48.4 Å². The van der Waals surface area contributed by atoms with Gasteiger partial charge in [-0.1, -0.05) is 28.1 Å².